The van der Waals surface area contributed by atoms with Gasteiger partial charge in [0.25, 0.3) is 0 Å². The third-order valence-electron chi connectivity index (χ3n) is 3.74. The Hall–Kier alpha value is -2.14. The van der Waals surface area contributed by atoms with Gasteiger partial charge in [0.15, 0.2) is 0 Å². The van der Waals surface area contributed by atoms with Crippen molar-refractivity contribution in [1.29, 1.82) is 0 Å². The van der Waals surface area contributed by atoms with Crippen molar-refractivity contribution in [3.8, 4) is 0 Å². The van der Waals surface area contributed by atoms with Crippen molar-refractivity contribution in [2.75, 3.05) is 6.54 Å². The van der Waals surface area contributed by atoms with Gasteiger partial charge < -0.3 is 11.1 Å². The number of nitrogens with zero attached hydrogens (tertiary/aromatic N) is 2. The quantitative estimate of drug-likeness (QED) is 0.872. The topological polar surface area (TPSA) is 72.9 Å². The van der Waals surface area contributed by atoms with Crippen molar-refractivity contribution in [1.82, 2.24) is 15.1 Å². The highest BCUT2D eigenvalue weighted by atomic mass is 16.1. The van der Waals surface area contributed by atoms with E-state index < -0.39 is 0 Å². The highest BCUT2D eigenvalue weighted by molar-refractivity contribution is 5.79. The highest BCUT2D eigenvalue weighted by Gasteiger charge is 2.14. The van der Waals surface area contributed by atoms with E-state index in [1.165, 1.54) is 0 Å². The van der Waals surface area contributed by atoms with E-state index in [4.69, 9.17) is 5.73 Å². The summed E-state index contributed by atoms with van der Waals surface area (Å²) in [5.41, 5.74) is 10.0. The lowest BCUT2D eigenvalue weighted by Crippen LogP contribution is -2.33. The van der Waals surface area contributed by atoms with Crippen LogP contribution in [0.4, 0.5) is 0 Å². The number of rotatable bonds is 5. The molecule has 0 radical (unpaired) electrons. The first-order chi connectivity index (χ1) is 9.99. The van der Waals surface area contributed by atoms with Crippen molar-refractivity contribution in [2.24, 2.45) is 12.8 Å². The van der Waals surface area contributed by atoms with Gasteiger partial charge in [-0.15, -0.1) is 0 Å². The SMILES string of the molecule is Cc1nn(C)c(C)c1CC(=O)NCC(N)c1ccccc1. The molecule has 1 aromatic carbocycles. The molecule has 1 amide bonds. The highest BCUT2D eigenvalue weighted by Crippen LogP contribution is 2.13. The Kier molecular flexibility index (Phi) is 4.75. The predicted molar refractivity (Wildman–Crippen MR) is 82.8 cm³/mol. The Bertz CT molecular complexity index is 619. The van der Waals surface area contributed by atoms with Crippen LogP contribution in [0.3, 0.4) is 0 Å². The second-order valence-electron chi connectivity index (χ2n) is 5.27. The lowest BCUT2D eigenvalue weighted by molar-refractivity contribution is -0.120. The zero-order valence-corrected chi connectivity index (χ0v) is 12.8. The number of aromatic nitrogens is 2. The fourth-order valence-corrected chi connectivity index (χ4v) is 2.34. The summed E-state index contributed by atoms with van der Waals surface area (Å²) in [5.74, 6) is -0.0272. The molecule has 21 heavy (non-hydrogen) atoms. The zero-order valence-electron chi connectivity index (χ0n) is 12.8. The summed E-state index contributed by atoms with van der Waals surface area (Å²) in [4.78, 5) is 12.1. The normalized spacial score (nSPS) is 12.2. The molecule has 0 saturated carbocycles. The molecule has 0 aliphatic rings. The van der Waals surface area contributed by atoms with Gasteiger partial charge in [-0.1, -0.05) is 30.3 Å². The molecule has 112 valence electrons. The maximum atomic E-state index is 12.1. The lowest BCUT2D eigenvalue weighted by Gasteiger charge is -2.13. The molecule has 1 atom stereocenters. The molecule has 0 bridgehead atoms. The Balaban J connectivity index is 1.91. The summed E-state index contributed by atoms with van der Waals surface area (Å²) >= 11 is 0. The number of carbonyl (C=O) groups is 1. The summed E-state index contributed by atoms with van der Waals surface area (Å²) in [6.45, 7) is 4.32. The number of hydrogen-bond acceptors (Lipinski definition) is 3. The molecular formula is C16H22N4O. The number of nitrogens with two attached hydrogens (primary N) is 1. The molecule has 1 unspecified atom stereocenters. The Morgan fingerprint density at radius 1 is 1.33 bits per heavy atom. The number of carbonyl (C=O) groups excluding carboxylic acids is 1. The number of hydrogen-bond donors (Lipinski definition) is 2. The van der Waals surface area contributed by atoms with Gasteiger partial charge >= 0.3 is 0 Å². The largest absolute Gasteiger partial charge is 0.354 e. The zero-order chi connectivity index (χ0) is 15.4. The lowest BCUT2D eigenvalue weighted by atomic mass is 10.1. The Morgan fingerprint density at radius 2 is 2.00 bits per heavy atom. The van der Waals surface area contributed by atoms with Crippen molar-refractivity contribution in [2.45, 2.75) is 26.3 Å². The third kappa shape index (κ3) is 3.70. The molecule has 5 heteroatoms. The first-order valence-corrected chi connectivity index (χ1v) is 7.05. The van der Waals surface area contributed by atoms with Crippen LogP contribution in [0.25, 0.3) is 0 Å². The van der Waals surface area contributed by atoms with Crippen LogP contribution >= 0.6 is 0 Å². The van der Waals surface area contributed by atoms with Crippen LogP contribution in [0.5, 0.6) is 0 Å². The molecule has 0 aliphatic carbocycles. The van der Waals surface area contributed by atoms with Crippen LogP contribution in [0, 0.1) is 13.8 Å². The molecule has 1 aromatic heterocycles. The molecule has 2 rings (SSSR count). The van der Waals surface area contributed by atoms with Crippen LogP contribution in [0.2, 0.25) is 0 Å². The third-order valence-corrected chi connectivity index (χ3v) is 3.74. The van der Waals surface area contributed by atoms with Crippen molar-refractivity contribution < 1.29 is 4.79 Å². The minimum Gasteiger partial charge on any atom is -0.354 e. The molecule has 5 nitrogen and oxygen atoms in total. The Labute approximate surface area is 125 Å². The smallest absolute Gasteiger partial charge is 0.224 e. The minimum atomic E-state index is -0.189. The van der Waals surface area contributed by atoms with Crippen LogP contribution in [0.1, 0.15) is 28.6 Å². The molecule has 3 N–H and O–H groups in total. The molecule has 2 aromatic rings. The standard InChI is InChI=1S/C16H22N4O/c1-11-14(12(2)20(3)19-11)9-16(21)18-10-15(17)13-7-5-4-6-8-13/h4-8,15H,9-10,17H2,1-3H3,(H,18,21). The average molecular weight is 286 g/mol. The molecular weight excluding hydrogens is 264 g/mol. The second kappa shape index (κ2) is 6.54. The summed E-state index contributed by atoms with van der Waals surface area (Å²) < 4.78 is 1.80. The number of nitrogens with one attached hydrogen (secondary N) is 1. The van der Waals surface area contributed by atoms with E-state index in [2.05, 4.69) is 10.4 Å². The first-order valence-electron chi connectivity index (χ1n) is 7.05. The van der Waals surface area contributed by atoms with Gasteiger partial charge in [-0.3, -0.25) is 9.48 Å². The predicted octanol–water partition coefficient (Wildman–Crippen LogP) is 1.40. The van der Waals surface area contributed by atoms with Gasteiger partial charge in [-0.05, 0) is 19.4 Å². The van der Waals surface area contributed by atoms with E-state index in [1.54, 1.807) is 4.68 Å². The minimum absolute atomic E-state index is 0.0272. The average Bonchev–Trinajstić information content (AvgIpc) is 2.72. The second-order valence-corrected chi connectivity index (χ2v) is 5.27. The first kappa shape index (κ1) is 15.3. The van der Waals surface area contributed by atoms with Gasteiger partial charge in [0.2, 0.25) is 5.91 Å². The van der Waals surface area contributed by atoms with Gasteiger partial charge in [-0.2, -0.15) is 5.10 Å². The summed E-state index contributed by atoms with van der Waals surface area (Å²) in [6, 6.07) is 9.58. The summed E-state index contributed by atoms with van der Waals surface area (Å²) in [6.07, 6.45) is 0.340. The van der Waals surface area contributed by atoms with E-state index in [0.717, 1.165) is 22.5 Å². The van der Waals surface area contributed by atoms with E-state index in [9.17, 15) is 4.79 Å². The van der Waals surface area contributed by atoms with Gasteiger partial charge in [0.05, 0.1) is 12.1 Å². The fourth-order valence-electron chi connectivity index (χ4n) is 2.34. The van der Waals surface area contributed by atoms with Crippen LogP contribution in [-0.2, 0) is 18.3 Å². The number of benzene rings is 1. The number of amides is 1. The maximum Gasteiger partial charge on any atom is 0.224 e. The summed E-state index contributed by atoms with van der Waals surface area (Å²) in [7, 11) is 1.88. The van der Waals surface area contributed by atoms with E-state index in [-0.39, 0.29) is 11.9 Å². The van der Waals surface area contributed by atoms with E-state index >= 15 is 0 Å². The Morgan fingerprint density at radius 3 is 2.57 bits per heavy atom. The monoisotopic (exact) mass is 286 g/mol. The van der Waals surface area contributed by atoms with Crippen molar-refractivity contribution >= 4 is 5.91 Å². The molecule has 0 aliphatic heterocycles. The fraction of sp³-hybridized carbons (Fsp3) is 0.375. The van der Waals surface area contributed by atoms with Crippen molar-refractivity contribution in [3.05, 3.63) is 52.8 Å². The molecule has 0 saturated heterocycles. The van der Waals surface area contributed by atoms with Gasteiger partial charge in [0, 0.05) is 30.9 Å². The number of aryl methyl sites for hydroxylation is 2. The van der Waals surface area contributed by atoms with Gasteiger partial charge in [-0.25, -0.2) is 0 Å². The maximum absolute atomic E-state index is 12.1. The molecule has 1 heterocycles. The summed E-state index contributed by atoms with van der Waals surface area (Å²) in [5, 5.41) is 7.21. The van der Waals surface area contributed by atoms with E-state index in [1.807, 2.05) is 51.2 Å². The molecule has 0 fully saturated rings. The van der Waals surface area contributed by atoms with Crippen LogP contribution in [-0.4, -0.2) is 22.2 Å². The molecule has 0 spiro atoms. The van der Waals surface area contributed by atoms with Crippen molar-refractivity contribution in [3.63, 3.8) is 0 Å². The van der Waals surface area contributed by atoms with Crippen LogP contribution < -0.4 is 11.1 Å². The van der Waals surface area contributed by atoms with Gasteiger partial charge in [0.1, 0.15) is 0 Å². The van der Waals surface area contributed by atoms with E-state index in [0.29, 0.717) is 13.0 Å². The van der Waals surface area contributed by atoms with Crippen LogP contribution in [0.15, 0.2) is 30.3 Å².